The van der Waals surface area contributed by atoms with Crippen LogP contribution in [0.15, 0.2) is 12.3 Å². The maximum Gasteiger partial charge on any atom is 1.00 e. The van der Waals surface area contributed by atoms with Gasteiger partial charge in [-0.15, -0.1) is 0 Å². The van der Waals surface area contributed by atoms with Crippen LogP contribution < -0.4 is 56.5 Å². The number of allylic oxidation sites excluding steroid dienone is 1. The van der Waals surface area contributed by atoms with E-state index in [0.717, 1.165) is 19.1 Å². The van der Waals surface area contributed by atoms with Crippen LogP contribution in [-0.2, 0) is 0 Å². The first-order valence-electron chi connectivity index (χ1n) is 2.68. The van der Waals surface area contributed by atoms with Crippen LogP contribution in [0.25, 0.3) is 0 Å². The van der Waals surface area contributed by atoms with Gasteiger partial charge in [0.25, 0.3) is 0 Å². The first kappa shape index (κ1) is 11.9. The Labute approximate surface area is 93.6 Å². The van der Waals surface area contributed by atoms with Crippen LogP contribution in [0.5, 0.6) is 0 Å². The van der Waals surface area contributed by atoms with E-state index in [4.69, 9.17) is 0 Å². The van der Waals surface area contributed by atoms with Crippen LogP contribution in [0, 0.1) is 0 Å². The monoisotopic (exact) mass is 138 g/mol. The van der Waals surface area contributed by atoms with Crippen molar-refractivity contribution in [2.45, 2.75) is 26.2 Å². The minimum atomic E-state index is 0. The number of rotatable bonds is 3. The minimum Gasteiger partial charge on any atom is -0.878 e. The van der Waals surface area contributed by atoms with Gasteiger partial charge in [-0.1, -0.05) is 25.8 Å². The first-order valence-corrected chi connectivity index (χ1v) is 2.68. The van der Waals surface area contributed by atoms with E-state index in [1.54, 1.807) is 6.08 Å². The molecule has 0 rings (SSSR count). The normalized spacial score (nSPS) is 9.12. The zero-order valence-corrected chi connectivity index (χ0v) is 8.81. The molecule has 0 heterocycles. The molecule has 0 saturated heterocycles. The molecule has 1 nitrogen and oxygen atoms in total. The van der Waals surface area contributed by atoms with Gasteiger partial charge in [0.1, 0.15) is 0 Å². The van der Waals surface area contributed by atoms with E-state index in [0.29, 0.717) is 0 Å². The van der Waals surface area contributed by atoms with Crippen molar-refractivity contribution in [2.75, 3.05) is 0 Å². The average Bonchev–Trinajstić information content (AvgIpc) is 1.69. The molecule has 0 saturated carbocycles. The summed E-state index contributed by atoms with van der Waals surface area (Å²) in [6.45, 7) is 2.11. The molecule has 0 aromatic carbocycles. The molecule has 0 fully saturated rings. The van der Waals surface area contributed by atoms with Gasteiger partial charge in [-0.3, -0.25) is 0 Å². The Morgan fingerprint density at radius 2 is 2.12 bits per heavy atom. The molecule has 42 valence electrons. The molecule has 0 atom stereocenters. The van der Waals surface area contributed by atoms with E-state index in [-0.39, 0.29) is 51.4 Å². The summed E-state index contributed by atoms with van der Waals surface area (Å²) in [6, 6.07) is 0. The van der Waals surface area contributed by atoms with E-state index in [1.807, 2.05) is 0 Å². The largest absolute Gasteiger partial charge is 1.00 e. The average molecular weight is 138 g/mol. The third-order valence-electron chi connectivity index (χ3n) is 0.821. The van der Waals surface area contributed by atoms with Crippen LogP contribution in [0.4, 0.5) is 0 Å². The van der Waals surface area contributed by atoms with Crippen molar-refractivity contribution in [1.29, 1.82) is 0 Å². The summed E-state index contributed by atoms with van der Waals surface area (Å²) < 4.78 is 0. The Balaban J connectivity index is 0. The van der Waals surface area contributed by atoms with Gasteiger partial charge in [-0.2, -0.15) is 6.26 Å². The van der Waals surface area contributed by atoms with Crippen molar-refractivity contribution in [2.24, 2.45) is 0 Å². The van der Waals surface area contributed by atoms with Gasteiger partial charge in [-0.25, -0.2) is 0 Å². The van der Waals surface area contributed by atoms with Crippen molar-refractivity contribution in [1.82, 2.24) is 0 Å². The van der Waals surface area contributed by atoms with Gasteiger partial charge in [0.2, 0.25) is 0 Å². The van der Waals surface area contributed by atoms with Gasteiger partial charge in [0.05, 0.1) is 0 Å². The number of hydrogen-bond donors (Lipinski definition) is 0. The Bertz CT molecular complexity index is 52.5. The van der Waals surface area contributed by atoms with Crippen LogP contribution in [0.1, 0.15) is 26.2 Å². The van der Waals surface area contributed by atoms with Crippen LogP contribution >= 0.6 is 0 Å². The summed E-state index contributed by atoms with van der Waals surface area (Å²) in [4.78, 5) is 0. The summed E-state index contributed by atoms with van der Waals surface area (Å²) in [6.07, 6.45) is 5.77. The van der Waals surface area contributed by atoms with Gasteiger partial charge >= 0.3 is 51.4 Å². The summed E-state index contributed by atoms with van der Waals surface area (Å²) >= 11 is 0. The number of unbranched alkanes of at least 4 members (excludes halogenated alkanes) is 2. The predicted molar refractivity (Wildman–Crippen MR) is 28.7 cm³/mol. The fourth-order valence-electron chi connectivity index (χ4n) is 0.390. The second-order valence-electron chi connectivity index (χ2n) is 1.51. The summed E-state index contributed by atoms with van der Waals surface area (Å²) in [5, 5.41) is 9.62. The standard InChI is InChI=1S/C6H12O.K/c1-2-3-4-5-6-7;/h5-7H,2-4H2,1H3;/q;+1/p-1. The number of hydrogen-bond acceptors (Lipinski definition) is 1. The SMILES string of the molecule is CCCCC=C[O-].[K+]. The van der Waals surface area contributed by atoms with E-state index in [2.05, 4.69) is 6.92 Å². The summed E-state index contributed by atoms with van der Waals surface area (Å²) in [5.41, 5.74) is 0. The van der Waals surface area contributed by atoms with Crippen LogP contribution in [-0.4, -0.2) is 0 Å². The Hall–Kier alpha value is 1.18. The Morgan fingerprint density at radius 3 is 2.50 bits per heavy atom. The van der Waals surface area contributed by atoms with E-state index >= 15 is 0 Å². The van der Waals surface area contributed by atoms with Crippen LogP contribution in [0.3, 0.4) is 0 Å². The van der Waals surface area contributed by atoms with Crippen molar-refractivity contribution < 1.29 is 56.5 Å². The Morgan fingerprint density at radius 1 is 1.50 bits per heavy atom. The molecule has 0 radical (unpaired) electrons. The van der Waals surface area contributed by atoms with Gasteiger partial charge < -0.3 is 5.11 Å². The van der Waals surface area contributed by atoms with E-state index in [9.17, 15) is 5.11 Å². The fourth-order valence-corrected chi connectivity index (χ4v) is 0.390. The minimum absolute atomic E-state index is 0. The van der Waals surface area contributed by atoms with Gasteiger partial charge in [-0.05, 0) is 6.42 Å². The molecule has 0 aliphatic heterocycles. The van der Waals surface area contributed by atoms with Crippen LogP contribution in [0.2, 0.25) is 0 Å². The van der Waals surface area contributed by atoms with Crippen molar-refractivity contribution >= 4 is 0 Å². The molecule has 0 spiro atoms. The molecule has 0 aliphatic rings. The molecule has 2 heteroatoms. The maximum absolute atomic E-state index is 9.62. The molecular weight excluding hydrogens is 127 g/mol. The van der Waals surface area contributed by atoms with Gasteiger partial charge in [0, 0.05) is 0 Å². The molecule has 8 heavy (non-hydrogen) atoms. The van der Waals surface area contributed by atoms with E-state index in [1.165, 1.54) is 6.42 Å². The predicted octanol–water partition coefficient (Wildman–Crippen LogP) is -1.95. The second kappa shape index (κ2) is 11.0. The molecule has 0 N–H and O–H groups in total. The maximum atomic E-state index is 9.62. The smallest absolute Gasteiger partial charge is 0.878 e. The molecule has 0 aliphatic carbocycles. The zero-order chi connectivity index (χ0) is 5.54. The molecule has 0 aromatic rings. The summed E-state index contributed by atoms with van der Waals surface area (Å²) in [7, 11) is 0. The van der Waals surface area contributed by atoms with Crippen molar-refractivity contribution in [3.8, 4) is 0 Å². The van der Waals surface area contributed by atoms with Crippen molar-refractivity contribution in [3.05, 3.63) is 12.3 Å². The third kappa shape index (κ3) is 10.2. The quantitative estimate of drug-likeness (QED) is 0.253. The Kier molecular flexibility index (Phi) is 16.4. The van der Waals surface area contributed by atoms with Crippen molar-refractivity contribution in [3.63, 3.8) is 0 Å². The third-order valence-corrected chi connectivity index (χ3v) is 0.821. The molecular formula is C6H11KO. The molecule has 0 aromatic heterocycles. The molecule has 0 unspecified atom stereocenters. The summed E-state index contributed by atoms with van der Waals surface area (Å²) in [5.74, 6) is 0. The van der Waals surface area contributed by atoms with Gasteiger partial charge in [0.15, 0.2) is 0 Å². The fraction of sp³-hybridized carbons (Fsp3) is 0.667. The first-order chi connectivity index (χ1) is 3.41. The topological polar surface area (TPSA) is 23.1 Å². The van der Waals surface area contributed by atoms with E-state index < -0.39 is 0 Å². The second-order valence-corrected chi connectivity index (χ2v) is 1.51. The molecule has 0 amide bonds. The molecule has 0 bridgehead atoms. The zero-order valence-electron chi connectivity index (χ0n) is 5.68.